The lowest BCUT2D eigenvalue weighted by atomic mass is 9.86. The lowest BCUT2D eigenvalue weighted by Crippen LogP contribution is -2.49. The van der Waals surface area contributed by atoms with Crippen molar-refractivity contribution in [3.63, 3.8) is 0 Å². The summed E-state index contributed by atoms with van der Waals surface area (Å²) in [7, 11) is 0. The number of halogens is 3. The van der Waals surface area contributed by atoms with E-state index in [4.69, 9.17) is 11.6 Å². The van der Waals surface area contributed by atoms with Crippen LogP contribution in [-0.4, -0.2) is 22.1 Å². The molecular formula is C16H12BClF2N2. The average Bonchev–Trinajstić information content (AvgIpc) is 3.12. The number of allylic oxidation sites excluding steroid dienone is 2. The molecule has 2 nitrogen and oxygen atoms in total. The highest BCUT2D eigenvalue weighted by atomic mass is 35.5. The predicted octanol–water partition coefficient (Wildman–Crippen LogP) is 4.10. The highest BCUT2D eigenvalue weighted by Crippen LogP contribution is 2.39. The molecule has 3 heterocycles. The van der Waals surface area contributed by atoms with Gasteiger partial charge in [-0.1, -0.05) is 23.7 Å². The molecule has 0 fully saturated rings. The Morgan fingerprint density at radius 1 is 1.23 bits per heavy atom. The Hall–Kier alpha value is -2.14. The van der Waals surface area contributed by atoms with Crippen LogP contribution in [0.4, 0.5) is 8.63 Å². The van der Waals surface area contributed by atoms with E-state index in [9.17, 15) is 8.63 Å². The smallest absolute Gasteiger partial charge is 0.396 e. The standard InChI is InChI=1S/C16H12BClF2N2/c1-11-6-7-12(10-13(11)18)16-14-4-2-8-21(14)17(19,20)22-9-3-5-15(16)22/h2-10H,1H3. The van der Waals surface area contributed by atoms with Gasteiger partial charge in [0.05, 0.1) is 5.57 Å². The van der Waals surface area contributed by atoms with E-state index in [1.165, 1.54) is 12.4 Å². The van der Waals surface area contributed by atoms with Crippen LogP contribution in [0, 0.1) is 6.92 Å². The summed E-state index contributed by atoms with van der Waals surface area (Å²) in [5, 5.41) is 0.629. The van der Waals surface area contributed by atoms with Gasteiger partial charge in [0.25, 0.3) is 0 Å². The maximum atomic E-state index is 14.6. The Morgan fingerprint density at radius 2 is 2.05 bits per heavy atom. The van der Waals surface area contributed by atoms with Crippen LogP contribution >= 0.6 is 11.6 Å². The summed E-state index contributed by atoms with van der Waals surface area (Å²) < 4.78 is 31.4. The Bertz CT molecular complexity index is 893. The van der Waals surface area contributed by atoms with Crippen molar-refractivity contribution in [2.24, 2.45) is 0 Å². The van der Waals surface area contributed by atoms with Crippen LogP contribution in [0.25, 0.3) is 5.57 Å². The minimum atomic E-state index is -3.85. The van der Waals surface area contributed by atoms with Crippen LogP contribution in [0.5, 0.6) is 0 Å². The molecule has 0 saturated heterocycles. The van der Waals surface area contributed by atoms with E-state index in [1.807, 2.05) is 25.1 Å². The molecule has 22 heavy (non-hydrogen) atoms. The third kappa shape index (κ3) is 1.69. The first-order valence-corrected chi connectivity index (χ1v) is 7.38. The summed E-state index contributed by atoms with van der Waals surface area (Å²) in [6.07, 6.45) is 6.21. The molecule has 0 amide bonds. The van der Waals surface area contributed by atoms with E-state index in [2.05, 4.69) is 0 Å². The van der Waals surface area contributed by atoms with Gasteiger partial charge in [-0.05, 0) is 42.4 Å². The number of rotatable bonds is 1. The highest BCUT2D eigenvalue weighted by Gasteiger charge is 2.51. The van der Waals surface area contributed by atoms with E-state index < -0.39 is 6.97 Å². The summed E-state index contributed by atoms with van der Waals surface area (Å²) in [5.74, 6) is 0. The minimum Gasteiger partial charge on any atom is -0.396 e. The maximum Gasteiger partial charge on any atom is 0.737 e. The van der Waals surface area contributed by atoms with Crippen molar-refractivity contribution in [1.82, 2.24) is 4.48 Å². The first kappa shape index (κ1) is 13.5. The normalized spacial score (nSPS) is 18.3. The van der Waals surface area contributed by atoms with Crippen LogP contribution in [0.2, 0.25) is 5.02 Å². The van der Waals surface area contributed by atoms with Gasteiger partial charge in [0.2, 0.25) is 0 Å². The van der Waals surface area contributed by atoms with Gasteiger partial charge in [-0.25, -0.2) is 0 Å². The molecule has 0 aliphatic carbocycles. The highest BCUT2D eigenvalue weighted by molar-refractivity contribution is 6.57. The SMILES string of the molecule is Cc1ccc(C2=C3C=CC=[N+]3[B-](F)(F)n3cccc32)cc1Cl. The number of aryl methyl sites for hydroxylation is 1. The van der Waals surface area contributed by atoms with Gasteiger partial charge in [0, 0.05) is 22.9 Å². The molecule has 0 spiro atoms. The molecule has 2 aliphatic heterocycles. The first-order valence-electron chi connectivity index (χ1n) is 7.00. The van der Waals surface area contributed by atoms with Gasteiger partial charge < -0.3 is 17.6 Å². The molecule has 0 N–H and O–H groups in total. The van der Waals surface area contributed by atoms with Crippen LogP contribution in [-0.2, 0) is 0 Å². The second kappa shape index (κ2) is 4.43. The van der Waals surface area contributed by atoms with Crippen LogP contribution in [0.15, 0.2) is 54.4 Å². The third-order valence-corrected chi connectivity index (χ3v) is 4.61. The van der Waals surface area contributed by atoms with Crippen molar-refractivity contribution in [1.29, 1.82) is 0 Å². The molecule has 0 saturated carbocycles. The lowest BCUT2D eigenvalue weighted by molar-refractivity contribution is -0.356. The van der Waals surface area contributed by atoms with E-state index >= 15 is 0 Å². The van der Waals surface area contributed by atoms with E-state index in [0.29, 0.717) is 16.4 Å². The summed E-state index contributed by atoms with van der Waals surface area (Å²) in [6.45, 7) is -1.93. The molecule has 4 rings (SSSR count). The van der Waals surface area contributed by atoms with Gasteiger partial charge in [0.15, 0.2) is 5.70 Å². The zero-order valence-corrected chi connectivity index (χ0v) is 12.6. The lowest BCUT2D eigenvalue weighted by Gasteiger charge is -2.31. The predicted molar refractivity (Wildman–Crippen MR) is 85.5 cm³/mol. The van der Waals surface area contributed by atoms with Crippen molar-refractivity contribution in [2.75, 3.05) is 0 Å². The zero-order chi connectivity index (χ0) is 15.5. The third-order valence-electron chi connectivity index (χ3n) is 4.20. The van der Waals surface area contributed by atoms with E-state index in [1.54, 1.807) is 24.3 Å². The summed E-state index contributed by atoms with van der Waals surface area (Å²) in [5.41, 5.74) is 3.58. The van der Waals surface area contributed by atoms with Gasteiger partial charge in [-0.3, -0.25) is 0 Å². The number of hydrogen-bond donors (Lipinski definition) is 0. The number of hydrogen-bond acceptors (Lipinski definition) is 0. The summed E-state index contributed by atoms with van der Waals surface area (Å²) in [4.78, 5) is 0. The fourth-order valence-electron chi connectivity index (χ4n) is 3.06. The van der Waals surface area contributed by atoms with Crippen LogP contribution in [0.3, 0.4) is 0 Å². The van der Waals surface area contributed by atoms with Crippen molar-refractivity contribution in [3.8, 4) is 0 Å². The second-order valence-electron chi connectivity index (χ2n) is 5.53. The fraction of sp³-hybridized carbons (Fsp3) is 0.0625. The molecule has 1 aromatic heterocycles. The van der Waals surface area contributed by atoms with Gasteiger partial charge in [0.1, 0.15) is 6.21 Å². The zero-order valence-electron chi connectivity index (χ0n) is 11.8. The molecule has 1 aromatic carbocycles. The second-order valence-corrected chi connectivity index (χ2v) is 5.94. The first-order chi connectivity index (χ1) is 10.5. The van der Waals surface area contributed by atoms with Gasteiger partial charge >= 0.3 is 6.97 Å². The van der Waals surface area contributed by atoms with Gasteiger partial charge in [-0.2, -0.15) is 0 Å². The molecular weight excluding hydrogens is 304 g/mol. The topological polar surface area (TPSA) is 7.94 Å². The summed E-state index contributed by atoms with van der Waals surface area (Å²) in [6, 6.07) is 9.02. The number of fused-ring (bicyclic) bond motifs is 2. The fourth-order valence-corrected chi connectivity index (χ4v) is 3.24. The van der Waals surface area contributed by atoms with Crippen molar-refractivity contribution < 1.29 is 13.1 Å². The largest absolute Gasteiger partial charge is 0.737 e. The van der Waals surface area contributed by atoms with Crippen LogP contribution < -0.4 is 0 Å². The Kier molecular flexibility index (Phi) is 2.72. The van der Waals surface area contributed by atoms with Crippen LogP contribution in [0.1, 0.15) is 16.8 Å². The monoisotopic (exact) mass is 316 g/mol. The van der Waals surface area contributed by atoms with E-state index in [0.717, 1.165) is 25.7 Å². The van der Waals surface area contributed by atoms with Crippen molar-refractivity contribution in [3.05, 3.63) is 76.2 Å². The Balaban J connectivity index is 2.04. The molecule has 0 atom stereocenters. The number of benzene rings is 1. The molecule has 0 bridgehead atoms. The minimum absolute atomic E-state index is 0.510. The molecule has 0 unspecified atom stereocenters. The van der Waals surface area contributed by atoms with Gasteiger partial charge in [-0.15, -0.1) is 0 Å². The maximum absolute atomic E-state index is 14.6. The number of nitrogens with zero attached hydrogens (tertiary/aromatic N) is 2. The molecule has 2 aromatic rings. The molecule has 110 valence electrons. The molecule has 0 radical (unpaired) electrons. The molecule has 2 aliphatic rings. The summed E-state index contributed by atoms with van der Waals surface area (Å²) >= 11 is 6.22. The van der Waals surface area contributed by atoms with Crippen molar-refractivity contribution >= 4 is 30.4 Å². The average molecular weight is 317 g/mol. The Labute approximate surface area is 131 Å². The quantitative estimate of drug-likeness (QED) is 0.700. The van der Waals surface area contributed by atoms with E-state index in [-0.39, 0.29) is 0 Å². The number of aromatic nitrogens is 1. The van der Waals surface area contributed by atoms with Crippen molar-refractivity contribution in [2.45, 2.75) is 6.92 Å². The Morgan fingerprint density at radius 3 is 2.82 bits per heavy atom. The molecule has 6 heteroatoms.